The maximum Gasteiger partial charge on any atom is 0.397 e. The number of benzene rings is 1. The monoisotopic (exact) mass is 315 g/mol. The van der Waals surface area contributed by atoms with Crippen molar-refractivity contribution >= 4 is 5.91 Å². The Balaban J connectivity index is 1.87. The van der Waals surface area contributed by atoms with Gasteiger partial charge in [0.05, 0.1) is 0 Å². The van der Waals surface area contributed by atoms with E-state index in [0.29, 0.717) is 25.9 Å². The predicted octanol–water partition coefficient (Wildman–Crippen LogP) is 3.63. The Labute approximate surface area is 128 Å². The van der Waals surface area contributed by atoms with Gasteiger partial charge in [0.15, 0.2) is 0 Å². The SMILES string of the molecule is Cc1ccc(C)c(OC2CCN(C(=O)CC(F)(F)F)CC2)c1. The first kappa shape index (κ1) is 16.6. The van der Waals surface area contributed by atoms with Gasteiger partial charge in [-0.05, 0) is 31.0 Å². The summed E-state index contributed by atoms with van der Waals surface area (Å²) in [7, 11) is 0. The highest BCUT2D eigenvalue weighted by molar-refractivity contribution is 5.76. The minimum Gasteiger partial charge on any atom is -0.490 e. The molecular formula is C16H20F3NO2. The van der Waals surface area contributed by atoms with Crippen LogP contribution in [0.5, 0.6) is 5.75 Å². The van der Waals surface area contributed by atoms with Gasteiger partial charge in [-0.2, -0.15) is 13.2 Å². The number of rotatable bonds is 3. The first-order valence-electron chi connectivity index (χ1n) is 7.33. The molecule has 0 saturated carbocycles. The Morgan fingerprint density at radius 3 is 2.50 bits per heavy atom. The van der Waals surface area contributed by atoms with Gasteiger partial charge in [0.25, 0.3) is 0 Å². The zero-order valence-corrected chi connectivity index (χ0v) is 12.7. The summed E-state index contributed by atoms with van der Waals surface area (Å²) >= 11 is 0. The zero-order chi connectivity index (χ0) is 16.3. The van der Waals surface area contributed by atoms with E-state index in [2.05, 4.69) is 0 Å². The number of carbonyl (C=O) groups is 1. The van der Waals surface area contributed by atoms with Crippen molar-refractivity contribution < 1.29 is 22.7 Å². The van der Waals surface area contributed by atoms with Crippen LogP contribution in [0.25, 0.3) is 0 Å². The molecule has 0 N–H and O–H groups in total. The van der Waals surface area contributed by atoms with Gasteiger partial charge < -0.3 is 9.64 Å². The number of likely N-dealkylation sites (tertiary alicyclic amines) is 1. The molecule has 1 fully saturated rings. The second kappa shape index (κ2) is 6.58. The summed E-state index contributed by atoms with van der Waals surface area (Å²) < 4.78 is 42.6. The van der Waals surface area contributed by atoms with E-state index >= 15 is 0 Å². The van der Waals surface area contributed by atoms with Gasteiger partial charge in [0.1, 0.15) is 18.3 Å². The van der Waals surface area contributed by atoms with E-state index in [-0.39, 0.29) is 6.10 Å². The molecular weight excluding hydrogens is 295 g/mol. The third-order valence-electron chi connectivity index (χ3n) is 3.78. The maximum atomic E-state index is 12.2. The molecule has 1 aliphatic rings. The maximum absolute atomic E-state index is 12.2. The minimum absolute atomic E-state index is 0.0598. The van der Waals surface area contributed by atoms with Gasteiger partial charge in [-0.3, -0.25) is 4.79 Å². The number of halogens is 3. The molecule has 1 saturated heterocycles. The Bertz CT molecular complexity index is 535. The molecule has 1 aromatic rings. The quantitative estimate of drug-likeness (QED) is 0.852. The van der Waals surface area contributed by atoms with Crippen molar-refractivity contribution in [3.8, 4) is 5.75 Å². The van der Waals surface area contributed by atoms with Crippen molar-refractivity contribution in [3.63, 3.8) is 0 Å². The Morgan fingerprint density at radius 2 is 1.91 bits per heavy atom. The van der Waals surface area contributed by atoms with Gasteiger partial charge in [0, 0.05) is 25.9 Å². The molecule has 1 aromatic carbocycles. The molecule has 0 spiro atoms. The zero-order valence-electron chi connectivity index (χ0n) is 12.7. The summed E-state index contributed by atoms with van der Waals surface area (Å²) in [6.45, 7) is 4.55. The van der Waals surface area contributed by atoms with Crippen LogP contribution >= 0.6 is 0 Å². The second-order valence-electron chi connectivity index (χ2n) is 5.76. The molecule has 0 atom stereocenters. The molecule has 6 heteroatoms. The van der Waals surface area contributed by atoms with Crippen LogP contribution in [0.3, 0.4) is 0 Å². The number of aryl methyl sites for hydroxylation is 2. The first-order valence-corrected chi connectivity index (χ1v) is 7.33. The lowest BCUT2D eigenvalue weighted by Gasteiger charge is -2.32. The van der Waals surface area contributed by atoms with Gasteiger partial charge >= 0.3 is 6.18 Å². The predicted molar refractivity (Wildman–Crippen MR) is 76.8 cm³/mol. The summed E-state index contributed by atoms with van der Waals surface area (Å²) in [6, 6.07) is 5.93. The molecule has 1 heterocycles. The van der Waals surface area contributed by atoms with E-state index in [1.54, 1.807) is 0 Å². The molecule has 1 amide bonds. The number of ether oxygens (including phenoxy) is 1. The number of piperidine rings is 1. The summed E-state index contributed by atoms with van der Waals surface area (Å²) in [5.74, 6) is -0.0437. The standard InChI is InChI=1S/C16H20F3NO2/c1-11-3-4-12(2)14(9-11)22-13-5-7-20(8-6-13)15(21)10-16(17,18)19/h3-4,9,13H,5-8,10H2,1-2H3. The van der Waals surface area contributed by atoms with Crippen LogP contribution in [0.2, 0.25) is 0 Å². The van der Waals surface area contributed by atoms with Gasteiger partial charge in [-0.15, -0.1) is 0 Å². The third kappa shape index (κ3) is 4.64. The fourth-order valence-corrected chi connectivity index (χ4v) is 2.52. The third-order valence-corrected chi connectivity index (χ3v) is 3.78. The lowest BCUT2D eigenvalue weighted by molar-refractivity contribution is -0.162. The molecule has 22 heavy (non-hydrogen) atoms. The van der Waals surface area contributed by atoms with Crippen LogP contribution in [0, 0.1) is 13.8 Å². The number of alkyl halides is 3. The highest BCUT2D eigenvalue weighted by Gasteiger charge is 2.34. The van der Waals surface area contributed by atoms with Crippen molar-refractivity contribution in [2.75, 3.05) is 13.1 Å². The molecule has 3 nitrogen and oxygen atoms in total. The number of carbonyl (C=O) groups excluding carboxylic acids is 1. The smallest absolute Gasteiger partial charge is 0.397 e. The van der Waals surface area contributed by atoms with E-state index in [0.717, 1.165) is 16.9 Å². The van der Waals surface area contributed by atoms with Crippen molar-refractivity contribution in [3.05, 3.63) is 29.3 Å². The van der Waals surface area contributed by atoms with Crippen LogP contribution in [-0.2, 0) is 4.79 Å². The Hall–Kier alpha value is -1.72. The molecule has 2 rings (SSSR count). The second-order valence-corrected chi connectivity index (χ2v) is 5.76. The molecule has 122 valence electrons. The van der Waals surface area contributed by atoms with Gasteiger partial charge in [-0.25, -0.2) is 0 Å². The topological polar surface area (TPSA) is 29.5 Å². The van der Waals surface area contributed by atoms with Crippen molar-refractivity contribution in [2.24, 2.45) is 0 Å². The minimum atomic E-state index is -4.44. The van der Waals surface area contributed by atoms with Crippen LogP contribution in [-0.4, -0.2) is 36.2 Å². The van der Waals surface area contributed by atoms with E-state index in [9.17, 15) is 18.0 Å². The average molecular weight is 315 g/mol. The van der Waals surface area contributed by atoms with Gasteiger partial charge in [0.2, 0.25) is 5.91 Å². The highest BCUT2D eigenvalue weighted by atomic mass is 19.4. The summed E-state index contributed by atoms with van der Waals surface area (Å²) in [5.41, 5.74) is 2.12. The molecule has 1 aliphatic heterocycles. The summed E-state index contributed by atoms with van der Waals surface area (Å²) in [5, 5.41) is 0. The highest BCUT2D eigenvalue weighted by Crippen LogP contribution is 2.25. The van der Waals surface area contributed by atoms with E-state index in [1.165, 1.54) is 4.90 Å². The number of hydrogen-bond acceptors (Lipinski definition) is 2. The van der Waals surface area contributed by atoms with Crippen LogP contribution in [0.4, 0.5) is 13.2 Å². The number of nitrogens with zero attached hydrogens (tertiary/aromatic N) is 1. The van der Waals surface area contributed by atoms with Crippen LogP contribution in [0.1, 0.15) is 30.4 Å². The van der Waals surface area contributed by atoms with Crippen molar-refractivity contribution in [2.45, 2.75) is 45.4 Å². The van der Waals surface area contributed by atoms with Gasteiger partial charge in [-0.1, -0.05) is 12.1 Å². The average Bonchev–Trinajstić information content (AvgIpc) is 2.42. The summed E-state index contributed by atoms with van der Waals surface area (Å²) in [4.78, 5) is 12.8. The first-order chi connectivity index (χ1) is 10.2. The van der Waals surface area contributed by atoms with Crippen molar-refractivity contribution in [1.82, 2.24) is 4.90 Å². The normalized spacial score (nSPS) is 16.7. The fraction of sp³-hybridized carbons (Fsp3) is 0.562. The molecule has 0 bridgehead atoms. The van der Waals surface area contributed by atoms with Crippen LogP contribution < -0.4 is 4.74 Å². The van der Waals surface area contributed by atoms with Crippen molar-refractivity contribution in [1.29, 1.82) is 0 Å². The van der Waals surface area contributed by atoms with E-state index < -0.39 is 18.5 Å². The molecule has 0 unspecified atom stereocenters. The van der Waals surface area contributed by atoms with Crippen LogP contribution in [0.15, 0.2) is 18.2 Å². The van der Waals surface area contributed by atoms with E-state index in [4.69, 9.17) is 4.74 Å². The lowest BCUT2D eigenvalue weighted by atomic mass is 10.1. The number of amides is 1. The Morgan fingerprint density at radius 1 is 1.27 bits per heavy atom. The largest absolute Gasteiger partial charge is 0.490 e. The number of hydrogen-bond donors (Lipinski definition) is 0. The summed E-state index contributed by atoms with van der Waals surface area (Å²) in [6.07, 6.45) is -4.78. The fourth-order valence-electron chi connectivity index (χ4n) is 2.52. The lowest BCUT2D eigenvalue weighted by Crippen LogP contribution is -2.43. The molecule has 0 aliphatic carbocycles. The molecule has 0 radical (unpaired) electrons. The molecule has 0 aromatic heterocycles. The Kier molecular flexibility index (Phi) is 4.98. The van der Waals surface area contributed by atoms with E-state index in [1.807, 2.05) is 32.0 Å².